The van der Waals surface area contributed by atoms with Crippen molar-refractivity contribution in [3.05, 3.63) is 0 Å². The molecule has 0 aliphatic carbocycles. The molecule has 9 heavy (non-hydrogen) atoms. The van der Waals surface area contributed by atoms with Gasteiger partial charge in [0, 0.05) is 12.5 Å². The molecule has 2 nitrogen and oxygen atoms in total. The molecule has 0 saturated carbocycles. The van der Waals surface area contributed by atoms with Crippen molar-refractivity contribution >= 4 is 0 Å². The zero-order valence-electron chi connectivity index (χ0n) is 5.68. The Balaban J connectivity index is 1.80. The molecular formula is C7H14O2. The zero-order chi connectivity index (χ0) is 6.53. The van der Waals surface area contributed by atoms with E-state index in [4.69, 9.17) is 9.84 Å². The average Bonchev–Trinajstić information content (AvgIpc) is 1.76. The van der Waals surface area contributed by atoms with Crippen LogP contribution in [0.2, 0.25) is 0 Å². The zero-order valence-corrected chi connectivity index (χ0v) is 5.68. The van der Waals surface area contributed by atoms with Gasteiger partial charge in [-0.3, -0.25) is 0 Å². The van der Waals surface area contributed by atoms with E-state index in [9.17, 15) is 0 Å². The van der Waals surface area contributed by atoms with Gasteiger partial charge in [0.2, 0.25) is 0 Å². The second-order valence-corrected chi connectivity index (χ2v) is 2.62. The van der Waals surface area contributed by atoms with E-state index in [-0.39, 0.29) is 0 Å². The minimum atomic E-state index is 0.341. The predicted molar refractivity (Wildman–Crippen MR) is 35.2 cm³/mol. The highest BCUT2D eigenvalue weighted by molar-refractivity contribution is 4.64. The van der Waals surface area contributed by atoms with Crippen molar-refractivity contribution in [3.63, 3.8) is 0 Å². The van der Waals surface area contributed by atoms with Gasteiger partial charge in [-0.15, -0.1) is 0 Å². The van der Waals surface area contributed by atoms with Crippen LogP contribution in [0.5, 0.6) is 0 Å². The van der Waals surface area contributed by atoms with Crippen molar-refractivity contribution in [3.8, 4) is 0 Å². The summed E-state index contributed by atoms with van der Waals surface area (Å²) in [6.45, 7) is 2.24. The quantitative estimate of drug-likeness (QED) is 0.570. The van der Waals surface area contributed by atoms with Crippen molar-refractivity contribution < 1.29 is 9.84 Å². The largest absolute Gasteiger partial charge is 0.396 e. The van der Waals surface area contributed by atoms with Gasteiger partial charge in [0.05, 0.1) is 13.2 Å². The standard InChI is InChI=1S/C7H14O2/c8-4-2-1-3-7-5-9-6-7/h7-8H,1-6H2. The fraction of sp³-hybridized carbons (Fsp3) is 1.00. The second kappa shape index (κ2) is 3.85. The number of aliphatic hydroxyl groups is 1. The molecule has 0 aromatic heterocycles. The second-order valence-electron chi connectivity index (χ2n) is 2.62. The third-order valence-electron chi connectivity index (χ3n) is 1.73. The topological polar surface area (TPSA) is 29.5 Å². The van der Waals surface area contributed by atoms with E-state index in [0.717, 1.165) is 32.0 Å². The molecule has 1 saturated heterocycles. The Hall–Kier alpha value is -0.0800. The van der Waals surface area contributed by atoms with Crippen LogP contribution in [0, 0.1) is 5.92 Å². The van der Waals surface area contributed by atoms with Crippen LogP contribution in [0.3, 0.4) is 0 Å². The van der Waals surface area contributed by atoms with Gasteiger partial charge in [0.1, 0.15) is 0 Å². The Labute approximate surface area is 55.8 Å². The van der Waals surface area contributed by atoms with Gasteiger partial charge in [-0.25, -0.2) is 0 Å². The molecule has 0 atom stereocenters. The van der Waals surface area contributed by atoms with Crippen molar-refractivity contribution in [1.29, 1.82) is 0 Å². The average molecular weight is 130 g/mol. The molecule has 1 fully saturated rings. The van der Waals surface area contributed by atoms with Gasteiger partial charge < -0.3 is 9.84 Å². The molecule has 54 valence electrons. The Morgan fingerprint density at radius 2 is 2.11 bits per heavy atom. The summed E-state index contributed by atoms with van der Waals surface area (Å²) < 4.78 is 5.00. The van der Waals surface area contributed by atoms with E-state index < -0.39 is 0 Å². The Morgan fingerprint density at radius 1 is 1.33 bits per heavy atom. The summed E-state index contributed by atoms with van der Waals surface area (Å²) in [5.41, 5.74) is 0. The lowest BCUT2D eigenvalue weighted by molar-refractivity contribution is -0.0367. The molecule has 1 heterocycles. The molecule has 1 aliphatic rings. The van der Waals surface area contributed by atoms with Crippen molar-refractivity contribution in [2.75, 3.05) is 19.8 Å². The summed E-state index contributed by atoms with van der Waals surface area (Å²) in [6, 6.07) is 0. The van der Waals surface area contributed by atoms with Gasteiger partial charge in [-0.1, -0.05) is 6.42 Å². The molecule has 0 unspecified atom stereocenters. The maximum atomic E-state index is 8.44. The van der Waals surface area contributed by atoms with Gasteiger partial charge >= 0.3 is 0 Å². The van der Waals surface area contributed by atoms with E-state index >= 15 is 0 Å². The first kappa shape index (κ1) is 7.03. The summed E-state index contributed by atoms with van der Waals surface area (Å²) >= 11 is 0. The van der Waals surface area contributed by atoms with Gasteiger partial charge in [0.15, 0.2) is 0 Å². The number of aliphatic hydroxyl groups excluding tert-OH is 1. The van der Waals surface area contributed by atoms with Crippen LogP contribution < -0.4 is 0 Å². The lowest BCUT2D eigenvalue weighted by Crippen LogP contribution is -2.27. The van der Waals surface area contributed by atoms with Crippen LogP contribution >= 0.6 is 0 Å². The van der Waals surface area contributed by atoms with E-state index in [2.05, 4.69) is 0 Å². The highest BCUT2D eigenvalue weighted by Gasteiger charge is 2.16. The molecule has 0 radical (unpaired) electrons. The Morgan fingerprint density at radius 3 is 2.56 bits per heavy atom. The molecule has 0 aromatic carbocycles. The first-order chi connectivity index (χ1) is 4.43. The first-order valence-electron chi connectivity index (χ1n) is 3.62. The highest BCUT2D eigenvalue weighted by atomic mass is 16.5. The summed E-state index contributed by atoms with van der Waals surface area (Å²) in [7, 11) is 0. The minimum Gasteiger partial charge on any atom is -0.396 e. The molecule has 0 bridgehead atoms. The summed E-state index contributed by atoms with van der Waals surface area (Å²) in [5.74, 6) is 0.802. The van der Waals surface area contributed by atoms with Crippen LogP contribution in [0.1, 0.15) is 19.3 Å². The van der Waals surface area contributed by atoms with Crippen LogP contribution in [0.25, 0.3) is 0 Å². The maximum absolute atomic E-state index is 8.44. The fourth-order valence-electron chi connectivity index (χ4n) is 0.996. The molecule has 2 heteroatoms. The van der Waals surface area contributed by atoms with Crippen molar-refractivity contribution in [2.24, 2.45) is 5.92 Å². The smallest absolute Gasteiger partial charge is 0.0516 e. The SMILES string of the molecule is OCCCCC1COC1. The van der Waals surface area contributed by atoms with Crippen LogP contribution in [-0.4, -0.2) is 24.9 Å². The molecular weight excluding hydrogens is 116 g/mol. The first-order valence-corrected chi connectivity index (χ1v) is 3.62. The Kier molecular flexibility index (Phi) is 3.01. The number of ether oxygens (including phenoxy) is 1. The lowest BCUT2D eigenvalue weighted by atomic mass is 10.0. The van der Waals surface area contributed by atoms with E-state index in [1.807, 2.05) is 0 Å². The van der Waals surface area contributed by atoms with Crippen LogP contribution in [0.4, 0.5) is 0 Å². The van der Waals surface area contributed by atoms with Gasteiger partial charge in [-0.2, -0.15) is 0 Å². The van der Waals surface area contributed by atoms with E-state index in [0.29, 0.717) is 6.61 Å². The Bertz CT molecular complexity index is 69.3. The molecule has 0 amide bonds. The number of unbranched alkanes of at least 4 members (excludes halogenated alkanes) is 1. The van der Waals surface area contributed by atoms with E-state index in [1.165, 1.54) is 6.42 Å². The molecule has 1 N–H and O–H groups in total. The molecule has 1 rings (SSSR count). The maximum Gasteiger partial charge on any atom is 0.0516 e. The fourth-order valence-corrected chi connectivity index (χ4v) is 0.996. The van der Waals surface area contributed by atoms with Crippen LogP contribution in [-0.2, 0) is 4.74 Å². The lowest BCUT2D eigenvalue weighted by Gasteiger charge is -2.25. The normalized spacial score (nSPS) is 19.7. The van der Waals surface area contributed by atoms with E-state index in [1.54, 1.807) is 0 Å². The summed E-state index contributed by atoms with van der Waals surface area (Å²) in [6.07, 6.45) is 3.35. The number of hydrogen-bond donors (Lipinski definition) is 1. The van der Waals surface area contributed by atoms with Crippen molar-refractivity contribution in [1.82, 2.24) is 0 Å². The number of hydrogen-bond acceptors (Lipinski definition) is 2. The third kappa shape index (κ3) is 2.33. The monoisotopic (exact) mass is 130 g/mol. The molecule has 1 aliphatic heterocycles. The van der Waals surface area contributed by atoms with Gasteiger partial charge in [-0.05, 0) is 12.8 Å². The third-order valence-corrected chi connectivity index (χ3v) is 1.73. The van der Waals surface area contributed by atoms with Crippen LogP contribution in [0.15, 0.2) is 0 Å². The predicted octanol–water partition coefficient (Wildman–Crippen LogP) is 0.795. The van der Waals surface area contributed by atoms with Crippen molar-refractivity contribution in [2.45, 2.75) is 19.3 Å². The highest BCUT2D eigenvalue weighted by Crippen LogP contribution is 2.16. The summed E-state index contributed by atoms with van der Waals surface area (Å²) in [4.78, 5) is 0. The molecule has 0 spiro atoms. The summed E-state index contributed by atoms with van der Waals surface area (Å²) in [5, 5.41) is 8.44. The molecule has 0 aromatic rings. The number of rotatable bonds is 4. The minimum absolute atomic E-state index is 0.341. The van der Waals surface area contributed by atoms with Gasteiger partial charge in [0.25, 0.3) is 0 Å².